The lowest BCUT2D eigenvalue weighted by Gasteiger charge is -2.15. The molecule has 5 nitrogen and oxygen atoms in total. The lowest BCUT2D eigenvalue weighted by atomic mass is 10.1. The van der Waals surface area contributed by atoms with Crippen molar-refractivity contribution in [3.8, 4) is 5.75 Å². The minimum atomic E-state index is -3.55. The summed E-state index contributed by atoms with van der Waals surface area (Å²) in [7, 11) is -3.55. The predicted molar refractivity (Wildman–Crippen MR) is 94.0 cm³/mol. The van der Waals surface area contributed by atoms with Crippen LogP contribution in [0.4, 0.5) is 0 Å². The van der Waals surface area contributed by atoms with Crippen molar-refractivity contribution < 1.29 is 13.2 Å². The molecular weight excluding hydrogens is 336 g/mol. The summed E-state index contributed by atoms with van der Waals surface area (Å²) in [6.45, 7) is 3.97. The average molecular weight is 357 g/mol. The van der Waals surface area contributed by atoms with Gasteiger partial charge in [-0.05, 0) is 32.0 Å². The third-order valence-electron chi connectivity index (χ3n) is 3.82. The maximum Gasteiger partial charge on any atom is 0.241 e. The molecule has 0 aliphatic carbocycles. The lowest BCUT2D eigenvalue weighted by molar-refractivity contribution is 0.344. The second-order valence-electron chi connectivity index (χ2n) is 5.35. The first-order valence-electron chi connectivity index (χ1n) is 7.49. The third-order valence-corrected chi connectivity index (χ3v) is 5.39. The smallest absolute Gasteiger partial charge is 0.241 e. The van der Waals surface area contributed by atoms with E-state index >= 15 is 0 Å². The van der Waals surface area contributed by atoms with E-state index in [-0.39, 0.29) is 18.4 Å². The van der Waals surface area contributed by atoms with E-state index in [4.69, 9.17) is 4.74 Å². The van der Waals surface area contributed by atoms with Crippen molar-refractivity contribution in [1.29, 1.82) is 0 Å². The van der Waals surface area contributed by atoms with Crippen LogP contribution in [-0.4, -0.2) is 34.2 Å². The van der Waals surface area contributed by atoms with Crippen molar-refractivity contribution >= 4 is 33.2 Å². The fraction of sp³-hybridized carbons (Fsp3) is 0.375. The number of fused-ring (bicyclic) bond motifs is 1. The van der Waals surface area contributed by atoms with Gasteiger partial charge in [0, 0.05) is 23.4 Å². The van der Waals surface area contributed by atoms with E-state index in [9.17, 15) is 8.42 Å². The van der Waals surface area contributed by atoms with E-state index in [1.54, 1.807) is 12.1 Å². The van der Waals surface area contributed by atoms with Gasteiger partial charge in [-0.2, -0.15) is 0 Å². The Balaban J connectivity index is 0.00000192. The van der Waals surface area contributed by atoms with Crippen LogP contribution in [0, 0.1) is 0 Å². The van der Waals surface area contributed by atoms with E-state index < -0.39 is 10.0 Å². The minimum Gasteiger partial charge on any atom is -0.493 e. The van der Waals surface area contributed by atoms with E-state index in [0.29, 0.717) is 29.2 Å². The van der Waals surface area contributed by atoms with Crippen LogP contribution < -0.4 is 14.8 Å². The molecule has 7 heteroatoms. The highest BCUT2D eigenvalue weighted by atomic mass is 35.5. The van der Waals surface area contributed by atoms with Crippen LogP contribution >= 0.6 is 12.4 Å². The quantitative estimate of drug-likeness (QED) is 0.862. The van der Waals surface area contributed by atoms with Gasteiger partial charge in [-0.1, -0.05) is 24.3 Å². The molecule has 23 heavy (non-hydrogen) atoms. The molecule has 1 aliphatic heterocycles. The summed E-state index contributed by atoms with van der Waals surface area (Å²) in [6.07, 6.45) is 0.814. The summed E-state index contributed by atoms with van der Waals surface area (Å²) >= 11 is 0. The molecule has 0 bridgehead atoms. The standard InChI is InChI=1S/C16H20N2O3S.ClH/c1-2-21-15-7-8-16(14-6-4-3-5-13(14)15)22(19,20)18-12-9-10-17-11-12;/h3-8,12,17-18H,2,9-11H2,1H3;1H. The maximum atomic E-state index is 12.7. The highest BCUT2D eigenvalue weighted by Crippen LogP contribution is 2.31. The van der Waals surface area contributed by atoms with Crippen molar-refractivity contribution in [1.82, 2.24) is 10.0 Å². The van der Waals surface area contributed by atoms with Gasteiger partial charge < -0.3 is 10.1 Å². The molecule has 1 heterocycles. The molecule has 2 aromatic carbocycles. The van der Waals surface area contributed by atoms with Gasteiger partial charge in [0.1, 0.15) is 5.75 Å². The molecule has 0 saturated carbocycles. The number of rotatable bonds is 5. The molecule has 1 unspecified atom stereocenters. The Kier molecular flexibility index (Phi) is 5.86. The molecule has 1 saturated heterocycles. The molecule has 0 amide bonds. The zero-order chi connectivity index (χ0) is 15.6. The first-order valence-corrected chi connectivity index (χ1v) is 8.97. The molecule has 1 fully saturated rings. The minimum absolute atomic E-state index is 0. The average Bonchev–Trinajstić information content (AvgIpc) is 3.00. The molecule has 0 radical (unpaired) electrons. The third kappa shape index (κ3) is 3.77. The van der Waals surface area contributed by atoms with Gasteiger partial charge in [-0.15, -0.1) is 12.4 Å². The van der Waals surface area contributed by atoms with Gasteiger partial charge in [-0.25, -0.2) is 13.1 Å². The van der Waals surface area contributed by atoms with Gasteiger partial charge in [0.05, 0.1) is 11.5 Å². The van der Waals surface area contributed by atoms with Crippen LogP contribution in [0.3, 0.4) is 0 Å². The second-order valence-corrected chi connectivity index (χ2v) is 7.03. The first-order chi connectivity index (χ1) is 10.6. The SMILES string of the molecule is CCOc1ccc(S(=O)(=O)NC2CCNC2)c2ccccc12.Cl. The molecule has 0 spiro atoms. The molecule has 2 aromatic rings. The predicted octanol–water partition coefficient (Wildman–Crippen LogP) is 2.30. The molecular formula is C16H21ClN2O3S. The van der Waals surface area contributed by atoms with E-state index in [1.807, 2.05) is 31.2 Å². The number of sulfonamides is 1. The lowest BCUT2D eigenvalue weighted by Crippen LogP contribution is -2.36. The zero-order valence-electron chi connectivity index (χ0n) is 12.9. The van der Waals surface area contributed by atoms with Gasteiger partial charge in [-0.3, -0.25) is 0 Å². The number of hydrogen-bond acceptors (Lipinski definition) is 4. The Labute approximate surface area is 142 Å². The van der Waals surface area contributed by atoms with Crippen LogP contribution in [0.1, 0.15) is 13.3 Å². The summed E-state index contributed by atoms with van der Waals surface area (Å²) in [5.74, 6) is 0.708. The Morgan fingerprint density at radius 3 is 2.61 bits per heavy atom. The molecule has 126 valence electrons. The van der Waals surface area contributed by atoms with Crippen molar-refractivity contribution in [2.45, 2.75) is 24.3 Å². The normalized spacial score (nSPS) is 17.9. The molecule has 3 rings (SSSR count). The zero-order valence-corrected chi connectivity index (χ0v) is 14.5. The summed E-state index contributed by atoms with van der Waals surface area (Å²) in [5.41, 5.74) is 0. The Hall–Kier alpha value is -1.34. The first kappa shape index (κ1) is 18.0. The van der Waals surface area contributed by atoms with E-state index in [0.717, 1.165) is 18.4 Å². The monoisotopic (exact) mass is 356 g/mol. The van der Waals surface area contributed by atoms with Crippen LogP contribution in [0.2, 0.25) is 0 Å². The highest BCUT2D eigenvalue weighted by molar-refractivity contribution is 7.89. The Bertz CT molecular complexity index is 774. The van der Waals surface area contributed by atoms with E-state index in [1.165, 1.54) is 0 Å². The van der Waals surface area contributed by atoms with Crippen molar-refractivity contribution in [3.05, 3.63) is 36.4 Å². The summed E-state index contributed by atoms with van der Waals surface area (Å²) < 4.78 is 33.8. The van der Waals surface area contributed by atoms with E-state index in [2.05, 4.69) is 10.0 Å². The second kappa shape index (κ2) is 7.49. The van der Waals surface area contributed by atoms with Crippen molar-refractivity contribution in [2.24, 2.45) is 0 Å². The van der Waals surface area contributed by atoms with Gasteiger partial charge in [0.25, 0.3) is 0 Å². The van der Waals surface area contributed by atoms with Crippen molar-refractivity contribution in [2.75, 3.05) is 19.7 Å². The number of nitrogens with one attached hydrogen (secondary N) is 2. The van der Waals surface area contributed by atoms with Crippen molar-refractivity contribution in [3.63, 3.8) is 0 Å². The fourth-order valence-electron chi connectivity index (χ4n) is 2.80. The fourth-order valence-corrected chi connectivity index (χ4v) is 4.28. The number of hydrogen-bond donors (Lipinski definition) is 2. The number of ether oxygens (including phenoxy) is 1. The van der Waals surface area contributed by atoms with Gasteiger partial charge in [0.2, 0.25) is 10.0 Å². The molecule has 2 N–H and O–H groups in total. The highest BCUT2D eigenvalue weighted by Gasteiger charge is 2.24. The van der Waals surface area contributed by atoms with Crippen LogP contribution in [0.5, 0.6) is 5.75 Å². The Morgan fingerprint density at radius 2 is 1.96 bits per heavy atom. The molecule has 0 aromatic heterocycles. The van der Waals surface area contributed by atoms with Crippen LogP contribution in [0.15, 0.2) is 41.3 Å². The number of halogens is 1. The largest absolute Gasteiger partial charge is 0.493 e. The van der Waals surface area contributed by atoms with Gasteiger partial charge in [0.15, 0.2) is 0 Å². The summed E-state index contributed by atoms with van der Waals surface area (Å²) in [5, 5.41) is 4.67. The van der Waals surface area contributed by atoms with Crippen LogP contribution in [-0.2, 0) is 10.0 Å². The maximum absolute atomic E-state index is 12.7. The topological polar surface area (TPSA) is 67.4 Å². The van der Waals surface area contributed by atoms with Crippen LogP contribution in [0.25, 0.3) is 10.8 Å². The van der Waals surface area contributed by atoms with Gasteiger partial charge >= 0.3 is 0 Å². The number of benzene rings is 2. The Morgan fingerprint density at radius 1 is 1.22 bits per heavy atom. The molecule has 1 atom stereocenters. The summed E-state index contributed by atoms with van der Waals surface area (Å²) in [4.78, 5) is 0.304. The molecule has 1 aliphatic rings. The summed E-state index contributed by atoms with van der Waals surface area (Å²) in [6, 6.07) is 10.7.